The average molecular weight is 1470 g/mol. The number of esters is 4. The summed E-state index contributed by atoms with van der Waals surface area (Å²) in [7, 11) is -9.92. The van der Waals surface area contributed by atoms with Gasteiger partial charge in [0.2, 0.25) is 0 Å². The van der Waals surface area contributed by atoms with Gasteiger partial charge in [0, 0.05) is 25.7 Å². The Morgan fingerprint density at radius 1 is 0.280 bits per heavy atom. The van der Waals surface area contributed by atoms with E-state index in [1.165, 1.54) is 212 Å². The zero-order chi connectivity index (χ0) is 73.8. The number of hydrogen-bond acceptors (Lipinski definition) is 15. The molecule has 0 aliphatic rings. The maximum absolute atomic E-state index is 13.1. The van der Waals surface area contributed by atoms with Gasteiger partial charge < -0.3 is 33.8 Å². The Morgan fingerprint density at radius 3 is 0.710 bits per heavy atom. The van der Waals surface area contributed by atoms with Crippen molar-refractivity contribution in [1.82, 2.24) is 0 Å². The highest BCUT2D eigenvalue weighted by atomic mass is 31.2. The van der Waals surface area contributed by atoms with Crippen molar-refractivity contribution in [2.75, 3.05) is 39.6 Å². The minimum atomic E-state index is -4.96. The van der Waals surface area contributed by atoms with Crippen LogP contribution < -0.4 is 0 Å². The lowest BCUT2D eigenvalue weighted by Gasteiger charge is -2.21. The van der Waals surface area contributed by atoms with E-state index in [0.717, 1.165) is 120 Å². The number of carbonyl (C=O) groups is 4. The van der Waals surface area contributed by atoms with E-state index in [1.807, 2.05) is 0 Å². The monoisotopic (exact) mass is 1470 g/mol. The molecule has 0 heterocycles. The molecule has 100 heavy (non-hydrogen) atoms. The first kappa shape index (κ1) is 98.1. The van der Waals surface area contributed by atoms with Gasteiger partial charge in [0.05, 0.1) is 26.4 Å². The average Bonchev–Trinajstić information content (AvgIpc) is 1.04. The second-order valence-electron chi connectivity index (χ2n) is 30.8. The standard InChI is InChI=1S/C81H158O17P2/c1-9-74(8)60-52-44-39-40-46-54-62-79(84)92-68-77(98-81(86)64-55-47-37-31-24-18-13-11-10-12-16-21-27-33-41-49-57-71(2)3)70-96-100(89,90)94-66-75(82)65-93-99(87,88)95-69-76(67-91-78(83)61-53-45-36-30-26-20-23-29-35-43-51-59-73(6)7)97-80(85)63-56-48-38-32-25-19-15-14-17-22-28-34-42-50-58-72(4)5/h71-77,82H,9-70H2,1-8H3,(H,87,88)(H,89,90)/t74?,75-,76-,77-/m1/s1. The van der Waals surface area contributed by atoms with E-state index in [2.05, 4.69) is 55.4 Å². The summed E-state index contributed by atoms with van der Waals surface area (Å²) in [6.45, 7) is 14.3. The van der Waals surface area contributed by atoms with E-state index in [1.54, 1.807) is 0 Å². The summed E-state index contributed by atoms with van der Waals surface area (Å²) in [6.07, 6.45) is 56.9. The number of aliphatic hydroxyl groups is 1. The molecule has 0 radical (unpaired) electrons. The Kier molecular flexibility index (Phi) is 68.7. The van der Waals surface area contributed by atoms with Gasteiger partial charge in [-0.2, -0.15) is 0 Å². The van der Waals surface area contributed by atoms with Crippen molar-refractivity contribution in [2.45, 2.75) is 433 Å². The first-order valence-electron chi connectivity index (χ1n) is 41.7. The maximum atomic E-state index is 13.1. The topological polar surface area (TPSA) is 237 Å². The predicted molar refractivity (Wildman–Crippen MR) is 409 cm³/mol. The lowest BCUT2D eigenvalue weighted by atomic mass is 10.00. The number of hydrogen-bond donors (Lipinski definition) is 3. The molecule has 0 aromatic carbocycles. The third kappa shape index (κ3) is 73.0. The van der Waals surface area contributed by atoms with Crippen LogP contribution in [0.2, 0.25) is 0 Å². The lowest BCUT2D eigenvalue weighted by Crippen LogP contribution is -2.30. The molecule has 0 saturated heterocycles. The molecule has 6 atom stereocenters. The molecule has 0 fully saturated rings. The second-order valence-corrected chi connectivity index (χ2v) is 33.7. The van der Waals surface area contributed by atoms with Crippen LogP contribution in [-0.4, -0.2) is 96.7 Å². The Morgan fingerprint density at radius 2 is 0.480 bits per heavy atom. The van der Waals surface area contributed by atoms with Crippen molar-refractivity contribution in [3.05, 3.63) is 0 Å². The molecular weight excluding hydrogens is 1310 g/mol. The fraction of sp³-hybridized carbons (Fsp3) is 0.951. The van der Waals surface area contributed by atoms with Crippen LogP contribution in [0.5, 0.6) is 0 Å². The maximum Gasteiger partial charge on any atom is 0.472 e. The largest absolute Gasteiger partial charge is 0.472 e. The van der Waals surface area contributed by atoms with Crippen LogP contribution in [0.1, 0.15) is 415 Å². The summed E-state index contributed by atoms with van der Waals surface area (Å²) in [5, 5.41) is 10.6. The number of aliphatic hydroxyl groups excluding tert-OH is 1. The normalized spacial score (nSPS) is 14.3. The third-order valence-corrected chi connectivity index (χ3v) is 21.1. The molecular formula is C81H158O17P2. The van der Waals surface area contributed by atoms with Crippen LogP contribution >= 0.6 is 15.6 Å². The van der Waals surface area contributed by atoms with Gasteiger partial charge in [-0.25, -0.2) is 9.13 Å². The van der Waals surface area contributed by atoms with E-state index in [4.69, 9.17) is 37.0 Å². The Balaban J connectivity index is 5.24. The molecule has 0 aromatic heterocycles. The van der Waals surface area contributed by atoms with Crippen molar-refractivity contribution < 1.29 is 80.2 Å². The molecule has 0 spiro atoms. The summed E-state index contributed by atoms with van der Waals surface area (Å²) in [4.78, 5) is 73.0. The molecule has 0 aromatic rings. The smallest absolute Gasteiger partial charge is 0.462 e. The third-order valence-electron chi connectivity index (χ3n) is 19.2. The van der Waals surface area contributed by atoms with Crippen molar-refractivity contribution in [3.63, 3.8) is 0 Å². The molecule has 0 saturated carbocycles. The summed E-state index contributed by atoms with van der Waals surface area (Å²) in [5.41, 5.74) is 0. The number of carbonyl (C=O) groups excluding carboxylic acids is 4. The van der Waals surface area contributed by atoms with Crippen LogP contribution in [0, 0.1) is 23.7 Å². The molecule has 17 nitrogen and oxygen atoms in total. The van der Waals surface area contributed by atoms with Gasteiger partial charge in [-0.05, 0) is 49.4 Å². The molecule has 0 amide bonds. The summed E-state index contributed by atoms with van der Waals surface area (Å²) in [5.74, 6) is 0.992. The van der Waals surface area contributed by atoms with Gasteiger partial charge >= 0.3 is 39.5 Å². The van der Waals surface area contributed by atoms with Gasteiger partial charge in [-0.1, -0.05) is 364 Å². The van der Waals surface area contributed by atoms with Gasteiger partial charge in [0.1, 0.15) is 19.3 Å². The quantitative estimate of drug-likeness (QED) is 0.0222. The predicted octanol–water partition coefficient (Wildman–Crippen LogP) is 24.0. The lowest BCUT2D eigenvalue weighted by molar-refractivity contribution is -0.161. The van der Waals surface area contributed by atoms with Crippen molar-refractivity contribution in [2.24, 2.45) is 23.7 Å². The molecule has 3 N–H and O–H groups in total. The van der Waals surface area contributed by atoms with Crippen LogP contribution in [0.15, 0.2) is 0 Å². The van der Waals surface area contributed by atoms with Crippen LogP contribution in [0.25, 0.3) is 0 Å². The van der Waals surface area contributed by atoms with Crippen molar-refractivity contribution in [1.29, 1.82) is 0 Å². The Bertz CT molecular complexity index is 1960. The number of ether oxygens (including phenoxy) is 4. The minimum Gasteiger partial charge on any atom is -0.462 e. The number of unbranched alkanes of at least 4 members (excludes halogenated alkanes) is 43. The number of phosphoric ester groups is 2. The van der Waals surface area contributed by atoms with Crippen molar-refractivity contribution >= 4 is 39.5 Å². The van der Waals surface area contributed by atoms with E-state index in [9.17, 15) is 43.2 Å². The SMILES string of the molecule is CCC(C)CCCCCCCCC(=O)OC[C@H](COP(=O)(O)OC[C@H](O)COP(=O)(O)OC[C@@H](COC(=O)CCCCCCCCCCCCCC(C)C)OC(=O)CCCCCCCCCCCCCCCCC(C)C)OC(=O)CCCCCCCCCCCCCCCCCCC(C)C. The first-order chi connectivity index (χ1) is 48.1. The van der Waals surface area contributed by atoms with Crippen LogP contribution in [0.4, 0.5) is 0 Å². The zero-order valence-corrected chi connectivity index (χ0v) is 67.6. The van der Waals surface area contributed by atoms with Gasteiger partial charge in [-0.15, -0.1) is 0 Å². The highest BCUT2D eigenvalue weighted by Gasteiger charge is 2.30. The fourth-order valence-electron chi connectivity index (χ4n) is 12.4. The highest BCUT2D eigenvalue weighted by molar-refractivity contribution is 7.47. The summed E-state index contributed by atoms with van der Waals surface area (Å²) < 4.78 is 68.7. The van der Waals surface area contributed by atoms with E-state index in [0.29, 0.717) is 25.7 Å². The molecule has 0 rings (SSSR count). The highest BCUT2D eigenvalue weighted by Crippen LogP contribution is 2.45. The Hall–Kier alpha value is -1.94. The minimum absolute atomic E-state index is 0.107. The Labute approximate surface area is 613 Å². The van der Waals surface area contributed by atoms with E-state index in [-0.39, 0.29) is 25.7 Å². The van der Waals surface area contributed by atoms with E-state index >= 15 is 0 Å². The zero-order valence-electron chi connectivity index (χ0n) is 65.8. The second kappa shape index (κ2) is 70.1. The van der Waals surface area contributed by atoms with Gasteiger partial charge in [-0.3, -0.25) is 37.3 Å². The molecule has 3 unspecified atom stereocenters. The fourth-order valence-corrected chi connectivity index (χ4v) is 14.0. The van der Waals surface area contributed by atoms with Gasteiger partial charge in [0.15, 0.2) is 12.2 Å². The summed E-state index contributed by atoms with van der Waals surface area (Å²) >= 11 is 0. The van der Waals surface area contributed by atoms with Crippen molar-refractivity contribution in [3.8, 4) is 0 Å². The molecule has 0 aliphatic heterocycles. The molecule has 594 valence electrons. The molecule has 0 bridgehead atoms. The number of phosphoric acid groups is 2. The van der Waals surface area contributed by atoms with E-state index < -0.39 is 97.5 Å². The summed E-state index contributed by atoms with van der Waals surface area (Å²) in [6, 6.07) is 0. The molecule has 19 heteroatoms. The van der Waals surface area contributed by atoms with Crippen LogP contribution in [-0.2, 0) is 65.4 Å². The van der Waals surface area contributed by atoms with Crippen LogP contribution in [0.3, 0.4) is 0 Å². The first-order valence-corrected chi connectivity index (χ1v) is 44.7. The molecule has 0 aliphatic carbocycles. The van der Waals surface area contributed by atoms with Gasteiger partial charge in [0.25, 0.3) is 0 Å². The number of rotatable bonds is 78.